The third-order valence-corrected chi connectivity index (χ3v) is 5.70. The number of hydrogen-bond acceptors (Lipinski definition) is 5. The molecule has 2 aromatic rings. The second-order valence-electron chi connectivity index (χ2n) is 7.73. The Morgan fingerprint density at radius 1 is 1.27 bits per heavy atom. The van der Waals surface area contributed by atoms with Crippen molar-refractivity contribution in [2.45, 2.75) is 64.3 Å². The van der Waals surface area contributed by atoms with Crippen molar-refractivity contribution in [1.82, 2.24) is 24.8 Å². The molecule has 1 aliphatic heterocycles. The van der Waals surface area contributed by atoms with Gasteiger partial charge in [0.15, 0.2) is 5.82 Å². The highest BCUT2D eigenvalue weighted by molar-refractivity contribution is 5.76. The van der Waals surface area contributed by atoms with E-state index in [0.717, 1.165) is 49.6 Å². The Hall–Kier alpha value is -2.18. The lowest BCUT2D eigenvalue weighted by molar-refractivity contribution is -0.132. The number of likely N-dealkylation sites (tertiary alicyclic amines) is 1. The topological polar surface area (TPSA) is 77.1 Å². The van der Waals surface area contributed by atoms with E-state index in [0.29, 0.717) is 24.8 Å². The molecule has 1 amide bonds. The van der Waals surface area contributed by atoms with E-state index < -0.39 is 0 Å². The fraction of sp³-hybridized carbons (Fsp3) is 0.684. The number of amides is 1. The summed E-state index contributed by atoms with van der Waals surface area (Å²) < 4.78 is 7.28. The highest BCUT2D eigenvalue weighted by Crippen LogP contribution is 2.34. The first kappa shape index (κ1) is 17.2. The Morgan fingerprint density at radius 3 is 2.73 bits per heavy atom. The zero-order chi connectivity index (χ0) is 17.9. The van der Waals surface area contributed by atoms with E-state index in [9.17, 15) is 4.79 Å². The van der Waals surface area contributed by atoms with Gasteiger partial charge in [0.25, 0.3) is 0 Å². The number of aryl methyl sites for hydroxylation is 2. The van der Waals surface area contributed by atoms with Crippen LogP contribution in [0, 0.1) is 12.8 Å². The third-order valence-electron chi connectivity index (χ3n) is 5.70. The minimum atomic E-state index is 0.224. The van der Waals surface area contributed by atoms with Gasteiger partial charge in [-0.05, 0) is 44.1 Å². The summed E-state index contributed by atoms with van der Waals surface area (Å²) in [7, 11) is 0. The first-order chi connectivity index (χ1) is 12.7. The van der Waals surface area contributed by atoms with Crippen LogP contribution in [-0.4, -0.2) is 43.8 Å². The SMILES string of the molecule is Cc1cnn(CCC(=O)N2CCC(Cc3nc(C4CCC4)no3)CC2)c1. The second-order valence-corrected chi connectivity index (χ2v) is 7.73. The molecule has 7 nitrogen and oxygen atoms in total. The van der Waals surface area contributed by atoms with Gasteiger partial charge in [-0.15, -0.1) is 0 Å². The van der Waals surface area contributed by atoms with E-state index in [1.165, 1.54) is 19.3 Å². The lowest BCUT2D eigenvalue weighted by Crippen LogP contribution is -2.39. The van der Waals surface area contributed by atoms with Gasteiger partial charge in [0.05, 0.1) is 6.20 Å². The molecule has 0 atom stereocenters. The van der Waals surface area contributed by atoms with Crippen LogP contribution in [0.2, 0.25) is 0 Å². The number of piperidine rings is 1. The highest BCUT2D eigenvalue weighted by atomic mass is 16.5. The summed E-state index contributed by atoms with van der Waals surface area (Å²) in [6.45, 7) is 4.31. The maximum absolute atomic E-state index is 12.4. The summed E-state index contributed by atoms with van der Waals surface area (Å²) in [5.74, 6) is 2.94. The molecule has 26 heavy (non-hydrogen) atoms. The van der Waals surface area contributed by atoms with Crippen molar-refractivity contribution in [1.29, 1.82) is 0 Å². The van der Waals surface area contributed by atoms with Crippen LogP contribution in [0.4, 0.5) is 0 Å². The molecule has 0 bridgehead atoms. The number of aromatic nitrogens is 4. The van der Waals surface area contributed by atoms with Crippen LogP contribution in [0.3, 0.4) is 0 Å². The van der Waals surface area contributed by atoms with Gasteiger partial charge in [-0.25, -0.2) is 0 Å². The lowest BCUT2D eigenvalue weighted by Gasteiger charge is -2.31. The number of carbonyl (C=O) groups is 1. The molecule has 0 aromatic carbocycles. The monoisotopic (exact) mass is 357 g/mol. The summed E-state index contributed by atoms with van der Waals surface area (Å²) in [6.07, 6.45) is 10.8. The van der Waals surface area contributed by atoms with Crippen LogP contribution < -0.4 is 0 Å². The van der Waals surface area contributed by atoms with Crippen LogP contribution in [-0.2, 0) is 17.8 Å². The van der Waals surface area contributed by atoms with E-state index in [-0.39, 0.29) is 5.91 Å². The van der Waals surface area contributed by atoms with Crippen LogP contribution in [0.5, 0.6) is 0 Å². The molecular formula is C19H27N5O2. The van der Waals surface area contributed by atoms with Gasteiger partial charge in [0.1, 0.15) is 0 Å². The van der Waals surface area contributed by atoms with Crippen molar-refractivity contribution in [3.05, 3.63) is 29.7 Å². The quantitative estimate of drug-likeness (QED) is 0.794. The molecule has 0 N–H and O–H groups in total. The van der Waals surface area contributed by atoms with Crippen LogP contribution in [0.1, 0.15) is 61.7 Å². The van der Waals surface area contributed by atoms with E-state index >= 15 is 0 Å². The number of carbonyl (C=O) groups excluding carboxylic acids is 1. The van der Waals surface area contributed by atoms with Gasteiger partial charge in [0, 0.05) is 44.6 Å². The molecule has 1 aliphatic carbocycles. The maximum Gasteiger partial charge on any atom is 0.226 e. The fourth-order valence-electron chi connectivity index (χ4n) is 3.77. The first-order valence-electron chi connectivity index (χ1n) is 9.76. The minimum absolute atomic E-state index is 0.224. The summed E-state index contributed by atoms with van der Waals surface area (Å²) in [5, 5.41) is 8.38. The zero-order valence-corrected chi connectivity index (χ0v) is 15.4. The summed E-state index contributed by atoms with van der Waals surface area (Å²) in [6, 6.07) is 0. The van der Waals surface area contributed by atoms with Gasteiger partial charge in [0.2, 0.25) is 11.8 Å². The molecule has 1 saturated carbocycles. The predicted octanol–water partition coefficient (Wildman–Crippen LogP) is 2.71. The molecule has 4 rings (SSSR count). The van der Waals surface area contributed by atoms with Crippen LogP contribution in [0.15, 0.2) is 16.9 Å². The lowest BCUT2D eigenvalue weighted by atomic mass is 9.85. The highest BCUT2D eigenvalue weighted by Gasteiger charge is 2.27. The summed E-state index contributed by atoms with van der Waals surface area (Å²) >= 11 is 0. The molecule has 0 unspecified atom stereocenters. The third kappa shape index (κ3) is 3.97. The van der Waals surface area contributed by atoms with Gasteiger partial charge in [-0.3, -0.25) is 9.48 Å². The molecule has 7 heteroatoms. The van der Waals surface area contributed by atoms with Crippen molar-refractivity contribution in [3.63, 3.8) is 0 Å². The largest absolute Gasteiger partial charge is 0.343 e. The number of nitrogens with zero attached hydrogens (tertiary/aromatic N) is 5. The predicted molar refractivity (Wildman–Crippen MR) is 95.5 cm³/mol. The molecular weight excluding hydrogens is 330 g/mol. The average molecular weight is 357 g/mol. The van der Waals surface area contributed by atoms with Crippen molar-refractivity contribution in [2.24, 2.45) is 5.92 Å². The molecule has 0 radical (unpaired) electrons. The van der Waals surface area contributed by atoms with Gasteiger partial charge in [-0.2, -0.15) is 10.1 Å². The van der Waals surface area contributed by atoms with Crippen molar-refractivity contribution < 1.29 is 9.32 Å². The Morgan fingerprint density at radius 2 is 2.08 bits per heavy atom. The van der Waals surface area contributed by atoms with Crippen molar-refractivity contribution >= 4 is 5.91 Å². The number of hydrogen-bond donors (Lipinski definition) is 0. The van der Waals surface area contributed by atoms with Crippen LogP contribution >= 0.6 is 0 Å². The summed E-state index contributed by atoms with van der Waals surface area (Å²) in [4.78, 5) is 19.0. The number of rotatable bonds is 6. The van der Waals surface area contributed by atoms with E-state index in [2.05, 4.69) is 15.2 Å². The molecule has 1 saturated heterocycles. The Bertz CT molecular complexity index is 741. The molecule has 2 aliphatic rings. The van der Waals surface area contributed by atoms with Gasteiger partial charge < -0.3 is 9.42 Å². The Balaban J connectivity index is 1.20. The molecule has 2 aromatic heterocycles. The zero-order valence-electron chi connectivity index (χ0n) is 15.4. The smallest absolute Gasteiger partial charge is 0.226 e. The van der Waals surface area contributed by atoms with Crippen LogP contribution in [0.25, 0.3) is 0 Å². The van der Waals surface area contributed by atoms with E-state index in [4.69, 9.17) is 4.52 Å². The normalized spacial score (nSPS) is 18.9. The first-order valence-corrected chi connectivity index (χ1v) is 9.76. The van der Waals surface area contributed by atoms with Crippen molar-refractivity contribution in [3.8, 4) is 0 Å². The Labute approximate surface area is 153 Å². The minimum Gasteiger partial charge on any atom is -0.343 e. The average Bonchev–Trinajstić information content (AvgIpc) is 3.21. The molecule has 3 heterocycles. The fourth-order valence-corrected chi connectivity index (χ4v) is 3.77. The molecule has 0 spiro atoms. The maximum atomic E-state index is 12.4. The van der Waals surface area contributed by atoms with Gasteiger partial charge >= 0.3 is 0 Å². The van der Waals surface area contributed by atoms with E-state index in [1.807, 2.05) is 28.9 Å². The molecule has 2 fully saturated rings. The van der Waals surface area contributed by atoms with Crippen molar-refractivity contribution in [2.75, 3.05) is 13.1 Å². The summed E-state index contributed by atoms with van der Waals surface area (Å²) in [5.41, 5.74) is 1.12. The Kier molecular flexibility index (Phi) is 5.04. The standard InChI is InChI=1S/C19H27N5O2/c1-14-12-20-24(13-14)10-7-18(25)23-8-5-15(6-9-23)11-17-21-19(22-26-17)16-3-2-4-16/h12-13,15-16H,2-11H2,1H3. The van der Waals surface area contributed by atoms with E-state index in [1.54, 1.807) is 0 Å². The van der Waals surface area contributed by atoms with Gasteiger partial charge in [-0.1, -0.05) is 11.6 Å². The molecule has 140 valence electrons. The second kappa shape index (κ2) is 7.60.